The third-order valence-electron chi connectivity index (χ3n) is 2.52. The highest BCUT2D eigenvalue weighted by Crippen LogP contribution is 2.24. The maximum Gasteiger partial charge on any atom is 0.262 e. The number of carbonyl (C=O) groups is 1. The van der Waals surface area contributed by atoms with Gasteiger partial charge in [-0.15, -0.1) is 0 Å². The summed E-state index contributed by atoms with van der Waals surface area (Å²) in [4.78, 5) is 11.7. The van der Waals surface area contributed by atoms with Gasteiger partial charge in [0.15, 0.2) is 18.2 Å². The van der Waals surface area contributed by atoms with Gasteiger partial charge in [-0.05, 0) is 30.3 Å². The third kappa shape index (κ3) is 4.06. The first-order valence-electron chi connectivity index (χ1n) is 5.88. The lowest BCUT2D eigenvalue weighted by molar-refractivity contribution is -0.118. The van der Waals surface area contributed by atoms with E-state index in [-0.39, 0.29) is 10.8 Å². The highest BCUT2D eigenvalue weighted by Gasteiger charge is 2.10. The molecule has 0 saturated heterocycles. The highest BCUT2D eigenvalue weighted by atomic mass is 35.5. The zero-order valence-electron chi connectivity index (χ0n) is 10.7. The molecule has 0 saturated carbocycles. The van der Waals surface area contributed by atoms with Gasteiger partial charge in [0.1, 0.15) is 5.82 Å². The molecule has 3 N–H and O–H groups in total. The number of nitrogen functional groups attached to an aromatic ring is 1. The van der Waals surface area contributed by atoms with E-state index < -0.39 is 24.1 Å². The molecule has 0 aliphatic rings. The summed E-state index contributed by atoms with van der Waals surface area (Å²) in [6, 6.07) is 7.40. The van der Waals surface area contributed by atoms with Crippen LogP contribution in [0, 0.1) is 11.6 Å². The maximum atomic E-state index is 13.3. The second kappa shape index (κ2) is 6.41. The fourth-order valence-electron chi connectivity index (χ4n) is 1.55. The number of rotatable bonds is 4. The van der Waals surface area contributed by atoms with Crippen LogP contribution in [0.15, 0.2) is 36.4 Å². The molecule has 0 atom stereocenters. The summed E-state index contributed by atoms with van der Waals surface area (Å²) < 4.78 is 31.0. The number of benzene rings is 2. The van der Waals surface area contributed by atoms with Gasteiger partial charge in [0.2, 0.25) is 0 Å². The average molecular weight is 313 g/mol. The minimum atomic E-state index is -0.881. The number of amides is 1. The SMILES string of the molecule is Nc1ccc(NC(=O)COc2ccc(F)cc2F)c(Cl)c1. The van der Waals surface area contributed by atoms with Crippen LogP contribution in [0.5, 0.6) is 5.75 Å². The van der Waals surface area contributed by atoms with E-state index in [1.165, 1.54) is 12.1 Å². The van der Waals surface area contributed by atoms with Crippen LogP contribution in [0.1, 0.15) is 0 Å². The summed E-state index contributed by atoms with van der Waals surface area (Å²) in [6.07, 6.45) is 0. The summed E-state index contributed by atoms with van der Waals surface area (Å²) >= 11 is 5.90. The largest absolute Gasteiger partial charge is 0.481 e. The first-order chi connectivity index (χ1) is 9.95. The van der Waals surface area contributed by atoms with E-state index in [4.69, 9.17) is 22.1 Å². The Labute approximate surface area is 124 Å². The molecule has 0 bridgehead atoms. The standard InChI is InChI=1S/C14H11ClF2N2O2/c15-10-6-9(18)2-3-12(10)19-14(20)7-21-13-4-1-8(16)5-11(13)17/h1-6H,7,18H2,(H,19,20). The predicted octanol–water partition coefficient (Wildman–Crippen LogP) is 3.22. The number of anilines is 2. The predicted molar refractivity (Wildman–Crippen MR) is 76.3 cm³/mol. The lowest BCUT2D eigenvalue weighted by Crippen LogP contribution is -2.20. The Kier molecular flexibility index (Phi) is 4.59. The monoisotopic (exact) mass is 312 g/mol. The summed E-state index contributed by atoms with van der Waals surface area (Å²) in [6.45, 7) is -0.441. The van der Waals surface area contributed by atoms with E-state index in [1.54, 1.807) is 6.07 Å². The molecule has 7 heteroatoms. The average Bonchev–Trinajstić information content (AvgIpc) is 2.41. The van der Waals surface area contributed by atoms with E-state index in [2.05, 4.69) is 5.32 Å². The maximum absolute atomic E-state index is 13.3. The summed E-state index contributed by atoms with van der Waals surface area (Å²) in [5, 5.41) is 2.76. The third-order valence-corrected chi connectivity index (χ3v) is 2.83. The zero-order chi connectivity index (χ0) is 15.4. The second-order valence-electron chi connectivity index (χ2n) is 4.15. The van der Waals surface area contributed by atoms with Gasteiger partial charge >= 0.3 is 0 Å². The Morgan fingerprint density at radius 3 is 2.67 bits per heavy atom. The normalized spacial score (nSPS) is 10.2. The lowest BCUT2D eigenvalue weighted by Gasteiger charge is -2.09. The molecule has 2 aromatic carbocycles. The molecule has 0 radical (unpaired) electrons. The van der Waals surface area contributed by atoms with E-state index >= 15 is 0 Å². The van der Waals surface area contributed by atoms with Gasteiger partial charge in [-0.25, -0.2) is 8.78 Å². The fraction of sp³-hybridized carbons (Fsp3) is 0.0714. The van der Waals surface area contributed by atoms with Crippen LogP contribution >= 0.6 is 11.6 Å². The van der Waals surface area contributed by atoms with Crippen LogP contribution in [-0.4, -0.2) is 12.5 Å². The summed E-state index contributed by atoms with van der Waals surface area (Å²) in [5.41, 5.74) is 6.35. The van der Waals surface area contributed by atoms with Crippen molar-refractivity contribution in [1.82, 2.24) is 0 Å². The van der Waals surface area contributed by atoms with Crippen molar-refractivity contribution < 1.29 is 18.3 Å². The lowest BCUT2D eigenvalue weighted by atomic mass is 10.3. The molecular formula is C14H11ClF2N2O2. The van der Waals surface area contributed by atoms with Crippen molar-refractivity contribution in [2.45, 2.75) is 0 Å². The molecule has 0 fully saturated rings. The van der Waals surface area contributed by atoms with Gasteiger partial charge < -0.3 is 15.8 Å². The van der Waals surface area contributed by atoms with Crippen molar-refractivity contribution in [1.29, 1.82) is 0 Å². The molecular weight excluding hydrogens is 302 g/mol. The number of hydrogen-bond donors (Lipinski definition) is 2. The van der Waals surface area contributed by atoms with Crippen molar-refractivity contribution >= 4 is 28.9 Å². The topological polar surface area (TPSA) is 64.3 Å². The number of hydrogen-bond acceptors (Lipinski definition) is 3. The number of nitrogens with two attached hydrogens (primary N) is 1. The Bertz CT molecular complexity index is 680. The molecule has 0 unspecified atom stereocenters. The Hall–Kier alpha value is -2.34. The van der Waals surface area contributed by atoms with Crippen molar-refractivity contribution in [2.24, 2.45) is 0 Å². The van der Waals surface area contributed by atoms with Gasteiger partial charge in [0.25, 0.3) is 5.91 Å². The van der Waals surface area contributed by atoms with E-state index in [1.807, 2.05) is 0 Å². The van der Waals surface area contributed by atoms with Crippen LogP contribution in [-0.2, 0) is 4.79 Å². The van der Waals surface area contributed by atoms with Crippen molar-refractivity contribution in [3.8, 4) is 5.75 Å². The molecule has 0 aromatic heterocycles. The van der Waals surface area contributed by atoms with Gasteiger partial charge in [-0.2, -0.15) is 0 Å². The number of carbonyl (C=O) groups excluding carboxylic acids is 1. The van der Waals surface area contributed by atoms with Gasteiger partial charge in [0.05, 0.1) is 10.7 Å². The van der Waals surface area contributed by atoms with Crippen LogP contribution < -0.4 is 15.8 Å². The zero-order valence-corrected chi connectivity index (χ0v) is 11.5. The van der Waals surface area contributed by atoms with Crippen LogP contribution in [0.2, 0.25) is 5.02 Å². The van der Waals surface area contributed by atoms with Crippen molar-refractivity contribution in [2.75, 3.05) is 17.7 Å². The minimum Gasteiger partial charge on any atom is -0.481 e. The molecule has 0 heterocycles. The number of ether oxygens (including phenoxy) is 1. The second-order valence-corrected chi connectivity index (χ2v) is 4.56. The number of halogens is 3. The van der Waals surface area contributed by atoms with Crippen LogP contribution in [0.25, 0.3) is 0 Å². The molecule has 2 rings (SSSR count). The Morgan fingerprint density at radius 2 is 2.00 bits per heavy atom. The van der Waals surface area contributed by atoms with Gasteiger partial charge in [0, 0.05) is 11.8 Å². The highest BCUT2D eigenvalue weighted by molar-refractivity contribution is 6.34. The number of nitrogens with one attached hydrogen (secondary N) is 1. The van der Waals surface area contributed by atoms with Crippen molar-refractivity contribution in [3.63, 3.8) is 0 Å². The Morgan fingerprint density at radius 1 is 1.24 bits per heavy atom. The first kappa shape index (κ1) is 15.1. The van der Waals surface area contributed by atoms with Gasteiger partial charge in [-0.3, -0.25) is 4.79 Å². The molecule has 21 heavy (non-hydrogen) atoms. The Balaban J connectivity index is 1.96. The van der Waals surface area contributed by atoms with E-state index in [0.717, 1.165) is 12.1 Å². The van der Waals surface area contributed by atoms with E-state index in [0.29, 0.717) is 17.4 Å². The summed E-state index contributed by atoms with van der Waals surface area (Å²) in [5.74, 6) is -2.35. The molecule has 2 aromatic rings. The first-order valence-corrected chi connectivity index (χ1v) is 6.26. The minimum absolute atomic E-state index is 0.213. The van der Waals surface area contributed by atoms with Gasteiger partial charge in [-0.1, -0.05) is 11.6 Å². The fourth-order valence-corrected chi connectivity index (χ4v) is 1.79. The quantitative estimate of drug-likeness (QED) is 0.852. The molecule has 0 spiro atoms. The molecule has 0 aliphatic carbocycles. The molecule has 0 aliphatic heterocycles. The molecule has 1 amide bonds. The van der Waals surface area contributed by atoms with E-state index in [9.17, 15) is 13.6 Å². The van der Waals surface area contributed by atoms with Crippen LogP contribution in [0.3, 0.4) is 0 Å². The summed E-state index contributed by atoms with van der Waals surface area (Å²) in [7, 11) is 0. The molecule has 4 nitrogen and oxygen atoms in total. The van der Waals surface area contributed by atoms with Crippen LogP contribution in [0.4, 0.5) is 20.2 Å². The van der Waals surface area contributed by atoms with Crippen molar-refractivity contribution in [3.05, 3.63) is 53.1 Å². The molecule has 110 valence electrons. The smallest absolute Gasteiger partial charge is 0.262 e.